The fourth-order valence-electron chi connectivity index (χ4n) is 10.9. The van der Waals surface area contributed by atoms with Crippen LogP contribution in [0, 0.1) is 45.3 Å². The SMILES string of the molecule is C=C(CC[C@H]1OC1(C)C)[C@H]1CC[C@]2(C)[C@@H]1CC[C@@H]1[C@@]3(C)CC[C@H](OC(C)=O)C(C)(C)[C@@H]3CC[C@]12C. The van der Waals surface area contributed by atoms with E-state index in [-0.39, 0.29) is 23.1 Å². The predicted octanol–water partition coefficient (Wildman–Crippen LogP) is 8.12. The van der Waals surface area contributed by atoms with Gasteiger partial charge in [-0.2, -0.15) is 0 Å². The molecule has 0 spiro atoms. The summed E-state index contributed by atoms with van der Waals surface area (Å²) in [7, 11) is 0. The summed E-state index contributed by atoms with van der Waals surface area (Å²) in [6.07, 6.45) is 13.0. The highest BCUT2D eigenvalue weighted by molar-refractivity contribution is 5.66. The van der Waals surface area contributed by atoms with Crippen LogP contribution < -0.4 is 0 Å². The first kappa shape index (κ1) is 25.8. The van der Waals surface area contributed by atoms with Crippen LogP contribution in [0.25, 0.3) is 0 Å². The van der Waals surface area contributed by atoms with Crippen molar-refractivity contribution in [3.8, 4) is 0 Å². The third kappa shape index (κ3) is 3.71. The number of fused-ring (bicyclic) bond motifs is 5. The standard InChI is InChI=1S/C32H52O3/c1-20(10-13-27-29(5,6)35-27)22-14-18-31(8)23(22)11-12-25-30(7)17-16-26(34-21(2)33)28(3,4)24(30)15-19-32(25,31)9/h22-27H,1,10-19H2,2-9H3/t22-,23-,24+,25-,26+,27-,30+,31-,32-/m1/s1. The number of hydrogen-bond donors (Lipinski definition) is 0. The van der Waals surface area contributed by atoms with Crippen molar-refractivity contribution in [1.82, 2.24) is 0 Å². The van der Waals surface area contributed by atoms with Gasteiger partial charge in [0.25, 0.3) is 0 Å². The minimum Gasteiger partial charge on any atom is -0.462 e. The molecule has 35 heavy (non-hydrogen) atoms. The van der Waals surface area contributed by atoms with E-state index in [0.717, 1.165) is 31.1 Å². The summed E-state index contributed by atoms with van der Waals surface area (Å²) in [5.41, 5.74) is 2.78. The Morgan fingerprint density at radius 3 is 2.17 bits per heavy atom. The van der Waals surface area contributed by atoms with E-state index in [9.17, 15) is 4.79 Å². The van der Waals surface area contributed by atoms with Crippen LogP contribution in [-0.4, -0.2) is 23.8 Å². The number of rotatable bonds is 5. The van der Waals surface area contributed by atoms with Gasteiger partial charge in [0.15, 0.2) is 0 Å². The fraction of sp³-hybridized carbons (Fsp3) is 0.906. The molecular weight excluding hydrogens is 432 g/mol. The third-order valence-corrected chi connectivity index (χ3v) is 13.1. The zero-order valence-corrected chi connectivity index (χ0v) is 24.0. The Morgan fingerprint density at radius 2 is 1.54 bits per heavy atom. The molecule has 5 rings (SSSR count). The van der Waals surface area contributed by atoms with Gasteiger partial charge in [-0.1, -0.05) is 46.8 Å². The molecule has 0 aromatic heterocycles. The summed E-state index contributed by atoms with van der Waals surface area (Å²) >= 11 is 0. The highest BCUT2D eigenvalue weighted by Crippen LogP contribution is 2.75. The third-order valence-electron chi connectivity index (χ3n) is 13.1. The van der Waals surface area contributed by atoms with E-state index in [4.69, 9.17) is 9.47 Å². The second-order valence-corrected chi connectivity index (χ2v) is 15.2. The molecule has 1 heterocycles. The summed E-state index contributed by atoms with van der Waals surface area (Å²) in [4.78, 5) is 11.9. The molecular formula is C32H52O3. The molecule has 3 heteroatoms. The fourth-order valence-corrected chi connectivity index (χ4v) is 10.9. The number of allylic oxidation sites excluding steroid dienone is 1. The minimum absolute atomic E-state index is 0.0446. The van der Waals surface area contributed by atoms with E-state index in [1.807, 2.05) is 0 Å². The van der Waals surface area contributed by atoms with Gasteiger partial charge in [0.2, 0.25) is 0 Å². The van der Waals surface area contributed by atoms with E-state index in [1.165, 1.54) is 50.5 Å². The van der Waals surface area contributed by atoms with Crippen LogP contribution in [0.3, 0.4) is 0 Å². The van der Waals surface area contributed by atoms with Gasteiger partial charge in [-0.3, -0.25) is 4.79 Å². The number of ether oxygens (including phenoxy) is 2. The average molecular weight is 485 g/mol. The summed E-state index contributed by atoms with van der Waals surface area (Å²) < 4.78 is 11.8. The van der Waals surface area contributed by atoms with Gasteiger partial charge in [0.05, 0.1) is 11.7 Å². The smallest absolute Gasteiger partial charge is 0.302 e. The lowest BCUT2D eigenvalue weighted by Crippen LogP contribution is -2.64. The summed E-state index contributed by atoms with van der Waals surface area (Å²) in [6, 6.07) is 0. The lowest BCUT2D eigenvalue weighted by molar-refractivity contribution is -0.226. The molecule has 0 aromatic rings. The van der Waals surface area contributed by atoms with E-state index in [2.05, 4.69) is 55.0 Å². The van der Waals surface area contributed by atoms with Crippen molar-refractivity contribution < 1.29 is 14.3 Å². The van der Waals surface area contributed by atoms with Crippen molar-refractivity contribution in [1.29, 1.82) is 0 Å². The van der Waals surface area contributed by atoms with Crippen molar-refractivity contribution in [2.24, 2.45) is 45.3 Å². The largest absolute Gasteiger partial charge is 0.462 e. The molecule has 198 valence electrons. The first-order chi connectivity index (χ1) is 16.2. The number of carbonyl (C=O) groups is 1. The van der Waals surface area contributed by atoms with Crippen LogP contribution in [-0.2, 0) is 14.3 Å². The van der Waals surface area contributed by atoms with Crippen molar-refractivity contribution in [2.75, 3.05) is 0 Å². The quantitative estimate of drug-likeness (QED) is 0.225. The highest BCUT2D eigenvalue weighted by Gasteiger charge is 2.68. The molecule has 0 unspecified atom stereocenters. The topological polar surface area (TPSA) is 38.8 Å². The number of epoxide rings is 1. The lowest BCUT2D eigenvalue weighted by atomic mass is 9.35. The monoisotopic (exact) mass is 484 g/mol. The normalized spacial score (nSPS) is 49.4. The zero-order chi connectivity index (χ0) is 25.6. The molecule has 5 fully saturated rings. The minimum atomic E-state index is -0.116. The first-order valence-corrected chi connectivity index (χ1v) is 14.7. The van der Waals surface area contributed by atoms with Crippen molar-refractivity contribution in [3.63, 3.8) is 0 Å². The maximum absolute atomic E-state index is 11.9. The number of carbonyl (C=O) groups excluding carboxylic acids is 1. The Bertz CT molecular complexity index is 887. The zero-order valence-electron chi connectivity index (χ0n) is 24.0. The molecule has 0 amide bonds. The molecule has 9 atom stereocenters. The predicted molar refractivity (Wildman–Crippen MR) is 142 cm³/mol. The van der Waals surface area contributed by atoms with Crippen LogP contribution in [0.1, 0.15) is 120 Å². The van der Waals surface area contributed by atoms with E-state index in [1.54, 1.807) is 6.92 Å². The maximum atomic E-state index is 11.9. The first-order valence-electron chi connectivity index (χ1n) is 14.7. The van der Waals surface area contributed by atoms with Crippen LogP contribution in [0.2, 0.25) is 0 Å². The molecule has 3 nitrogen and oxygen atoms in total. The molecule has 0 N–H and O–H groups in total. The van der Waals surface area contributed by atoms with Crippen LogP contribution in [0.15, 0.2) is 12.2 Å². The van der Waals surface area contributed by atoms with Crippen molar-refractivity contribution in [2.45, 2.75) is 137 Å². The van der Waals surface area contributed by atoms with Gasteiger partial charge in [-0.25, -0.2) is 0 Å². The number of hydrogen-bond acceptors (Lipinski definition) is 3. The van der Waals surface area contributed by atoms with Crippen LogP contribution in [0.4, 0.5) is 0 Å². The average Bonchev–Trinajstić information content (AvgIpc) is 3.20. The Morgan fingerprint density at radius 1 is 0.886 bits per heavy atom. The van der Waals surface area contributed by atoms with Gasteiger partial charge < -0.3 is 9.47 Å². The Balaban J connectivity index is 1.35. The molecule has 4 aliphatic carbocycles. The molecule has 0 aromatic carbocycles. The summed E-state index contributed by atoms with van der Waals surface area (Å²) in [6.45, 7) is 23.4. The van der Waals surface area contributed by atoms with Gasteiger partial charge >= 0.3 is 5.97 Å². The molecule has 0 radical (unpaired) electrons. The molecule has 1 saturated heterocycles. The molecule has 4 saturated carbocycles. The van der Waals surface area contributed by atoms with Gasteiger partial charge in [-0.15, -0.1) is 0 Å². The van der Waals surface area contributed by atoms with Gasteiger partial charge in [0, 0.05) is 12.3 Å². The maximum Gasteiger partial charge on any atom is 0.302 e. The van der Waals surface area contributed by atoms with Crippen LogP contribution in [0.5, 0.6) is 0 Å². The molecule has 5 aliphatic rings. The Labute approximate surface area is 215 Å². The summed E-state index contributed by atoms with van der Waals surface area (Å²) in [5.74, 6) is 2.76. The highest BCUT2D eigenvalue weighted by atomic mass is 16.6. The van der Waals surface area contributed by atoms with Crippen molar-refractivity contribution >= 4 is 5.97 Å². The molecule has 0 bridgehead atoms. The second-order valence-electron chi connectivity index (χ2n) is 15.2. The van der Waals surface area contributed by atoms with Gasteiger partial charge in [0.1, 0.15) is 6.10 Å². The summed E-state index contributed by atoms with van der Waals surface area (Å²) in [5, 5.41) is 0. The van der Waals surface area contributed by atoms with Crippen molar-refractivity contribution in [3.05, 3.63) is 12.2 Å². The van der Waals surface area contributed by atoms with E-state index >= 15 is 0 Å². The molecule has 1 aliphatic heterocycles. The van der Waals surface area contributed by atoms with E-state index in [0.29, 0.717) is 34.2 Å². The van der Waals surface area contributed by atoms with Gasteiger partial charge in [-0.05, 0) is 118 Å². The number of esters is 1. The Hall–Kier alpha value is -0.830. The second kappa shape index (κ2) is 8.08. The lowest BCUT2D eigenvalue weighted by Gasteiger charge is -2.70. The Kier molecular flexibility index (Phi) is 5.96. The van der Waals surface area contributed by atoms with E-state index < -0.39 is 0 Å². The van der Waals surface area contributed by atoms with Crippen LogP contribution >= 0.6 is 0 Å².